The van der Waals surface area contributed by atoms with Gasteiger partial charge < -0.3 is 13.9 Å². The topological polar surface area (TPSA) is 21.3 Å². The molecule has 2 aromatic heterocycles. The molecular formula is C48H32N2O. The first-order chi connectivity index (χ1) is 25.3. The fourth-order valence-corrected chi connectivity index (χ4v) is 7.54. The van der Waals surface area contributed by atoms with Gasteiger partial charge in [-0.3, -0.25) is 0 Å². The Morgan fingerprint density at radius 1 is 0.333 bits per heavy atom. The van der Waals surface area contributed by atoms with Crippen LogP contribution in [-0.2, 0) is 0 Å². The lowest BCUT2D eigenvalue weighted by Gasteiger charge is -2.26. The molecule has 0 atom stereocenters. The van der Waals surface area contributed by atoms with Crippen molar-refractivity contribution in [3.8, 4) is 27.9 Å². The molecule has 0 fully saturated rings. The Morgan fingerprint density at radius 2 is 0.843 bits per heavy atom. The van der Waals surface area contributed by atoms with Crippen LogP contribution in [0, 0.1) is 0 Å². The Bertz CT molecular complexity index is 2750. The number of furan rings is 1. The molecule has 0 bridgehead atoms. The maximum Gasteiger partial charge on any atom is 0.135 e. The van der Waals surface area contributed by atoms with Gasteiger partial charge in [-0.15, -0.1) is 0 Å². The van der Waals surface area contributed by atoms with Crippen molar-refractivity contribution in [2.45, 2.75) is 0 Å². The first-order valence-electron chi connectivity index (χ1n) is 17.3. The van der Waals surface area contributed by atoms with E-state index in [0.29, 0.717) is 0 Å². The summed E-state index contributed by atoms with van der Waals surface area (Å²) < 4.78 is 8.60. The molecule has 0 N–H and O–H groups in total. The number of hydrogen-bond acceptors (Lipinski definition) is 2. The molecule has 10 rings (SSSR count). The molecule has 0 radical (unpaired) electrons. The number of hydrogen-bond donors (Lipinski definition) is 0. The lowest BCUT2D eigenvalue weighted by molar-refractivity contribution is 0.669. The molecule has 10 aromatic rings. The Labute approximate surface area is 295 Å². The maximum absolute atomic E-state index is 6.21. The third-order valence-corrected chi connectivity index (χ3v) is 10.00. The van der Waals surface area contributed by atoms with Crippen molar-refractivity contribution in [2.24, 2.45) is 0 Å². The number of rotatable bonds is 6. The van der Waals surface area contributed by atoms with Gasteiger partial charge in [-0.1, -0.05) is 127 Å². The van der Waals surface area contributed by atoms with Crippen molar-refractivity contribution in [3.63, 3.8) is 0 Å². The Hall–Kier alpha value is -6.84. The fourth-order valence-electron chi connectivity index (χ4n) is 7.54. The molecule has 3 heteroatoms. The van der Waals surface area contributed by atoms with Crippen molar-refractivity contribution < 1.29 is 4.42 Å². The van der Waals surface area contributed by atoms with Gasteiger partial charge in [0.15, 0.2) is 0 Å². The zero-order valence-corrected chi connectivity index (χ0v) is 27.8. The summed E-state index contributed by atoms with van der Waals surface area (Å²) in [5.41, 5.74) is 13.3. The second-order valence-electron chi connectivity index (χ2n) is 13.0. The lowest BCUT2D eigenvalue weighted by atomic mass is 10.0. The van der Waals surface area contributed by atoms with Gasteiger partial charge in [0.05, 0.1) is 11.0 Å². The standard InChI is InChI=1S/C48H32N2O/c1-3-11-33(12-4-1)35-19-23-37(24-20-35)49(38-25-21-36(22-26-38)34-13-5-2-6-14-34)40-27-29-42-41-15-7-9-17-45(41)50(46(42)32-40)39-28-30-48-44(31-39)43-16-8-10-18-47(43)51-48/h1-32H. The van der Waals surface area contributed by atoms with Gasteiger partial charge >= 0.3 is 0 Å². The van der Waals surface area contributed by atoms with Crippen LogP contribution in [0.25, 0.3) is 71.7 Å². The molecule has 0 spiro atoms. The van der Waals surface area contributed by atoms with Crippen LogP contribution in [0.3, 0.4) is 0 Å². The number of aromatic nitrogens is 1. The smallest absolute Gasteiger partial charge is 0.135 e. The Morgan fingerprint density at radius 3 is 1.51 bits per heavy atom. The predicted octanol–water partition coefficient (Wildman–Crippen LogP) is 13.5. The molecule has 0 saturated carbocycles. The molecule has 2 heterocycles. The van der Waals surface area contributed by atoms with E-state index in [1.807, 2.05) is 12.1 Å². The predicted molar refractivity (Wildman–Crippen MR) is 214 cm³/mol. The SMILES string of the molecule is c1ccc(-c2ccc(N(c3ccc(-c4ccccc4)cc3)c3ccc4c5ccccc5n(-c5ccc6oc7ccccc7c6c5)c4c3)cc2)cc1. The van der Waals surface area contributed by atoms with E-state index in [4.69, 9.17) is 4.42 Å². The average Bonchev–Trinajstić information content (AvgIpc) is 3.74. The molecule has 0 aliphatic rings. The monoisotopic (exact) mass is 652 g/mol. The molecular weight excluding hydrogens is 621 g/mol. The van der Waals surface area contributed by atoms with Crippen molar-refractivity contribution in [2.75, 3.05) is 4.90 Å². The third kappa shape index (κ3) is 4.98. The first-order valence-corrected chi connectivity index (χ1v) is 17.3. The normalized spacial score (nSPS) is 11.5. The van der Waals surface area contributed by atoms with Crippen molar-refractivity contribution >= 4 is 60.8 Å². The number of para-hydroxylation sites is 2. The second kappa shape index (κ2) is 11.9. The van der Waals surface area contributed by atoms with Gasteiger partial charge in [0.25, 0.3) is 0 Å². The minimum absolute atomic E-state index is 0.894. The first kappa shape index (κ1) is 29.1. The van der Waals surface area contributed by atoms with Crippen LogP contribution in [0.15, 0.2) is 199 Å². The summed E-state index contributed by atoms with van der Waals surface area (Å²) >= 11 is 0. The zero-order valence-electron chi connectivity index (χ0n) is 27.8. The van der Waals surface area contributed by atoms with E-state index in [0.717, 1.165) is 50.2 Å². The van der Waals surface area contributed by atoms with E-state index in [2.05, 4.69) is 191 Å². The largest absolute Gasteiger partial charge is 0.456 e. The van der Waals surface area contributed by atoms with Gasteiger partial charge in [0, 0.05) is 44.3 Å². The molecule has 51 heavy (non-hydrogen) atoms. The zero-order chi connectivity index (χ0) is 33.7. The highest BCUT2D eigenvalue weighted by Crippen LogP contribution is 2.41. The number of fused-ring (bicyclic) bond motifs is 6. The summed E-state index contributed by atoms with van der Waals surface area (Å²) in [6.07, 6.45) is 0. The summed E-state index contributed by atoms with van der Waals surface area (Å²) in [4.78, 5) is 2.36. The second-order valence-corrected chi connectivity index (χ2v) is 13.0. The van der Waals surface area contributed by atoms with E-state index in [1.165, 1.54) is 38.5 Å². The summed E-state index contributed by atoms with van der Waals surface area (Å²) in [5, 5.41) is 4.68. The average molecular weight is 653 g/mol. The highest BCUT2D eigenvalue weighted by molar-refractivity contribution is 6.11. The molecule has 0 unspecified atom stereocenters. The van der Waals surface area contributed by atoms with Gasteiger partial charge in [-0.2, -0.15) is 0 Å². The van der Waals surface area contributed by atoms with Crippen LogP contribution in [0.2, 0.25) is 0 Å². The van der Waals surface area contributed by atoms with E-state index in [1.54, 1.807) is 0 Å². The number of nitrogens with zero attached hydrogens (tertiary/aromatic N) is 2. The summed E-state index contributed by atoms with van der Waals surface area (Å²) in [5.74, 6) is 0. The van der Waals surface area contributed by atoms with Crippen molar-refractivity contribution in [1.29, 1.82) is 0 Å². The maximum atomic E-state index is 6.21. The van der Waals surface area contributed by atoms with E-state index < -0.39 is 0 Å². The lowest BCUT2D eigenvalue weighted by Crippen LogP contribution is -2.10. The van der Waals surface area contributed by atoms with Crippen LogP contribution in [-0.4, -0.2) is 4.57 Å². The van der Waals surface area contributed by atoms with Crippen molar-refractivity contribution in [1.82, 2.24) is 4.57 Å². The summed E-state index contributed by atoms with van der Waals surface area (Å²) in [6.45, 7) is 0. The van der Waals surface area contributed by atoms with E-state index in [-0.39, 0.29) is 0 Å². The molecule has 3 nitrogen and oxygen atoms in total. The minimum atomic E-state index is 0.894. The molecule has 0 saturated heterocycles. The highest BCUT2D eigenvalue weighted by atomic mass is 16.3. The van der Waals surface area contributed by atoms with Gasteiger partial charge in [-0.25, -0.2) is 0 Å². The van der Waals surface area contributed by atoms with Crippen molar-refractivity contribution in [3.05, 3.63) is 194 Å². The molecule has 0 aliphatic carbocycles. The Balaban J connectivity index is 1.16. The van der Waals surface area contributed by atoms with Gasteiger partial charge in [-0.05, 0) is 89.0 Å². The van der Waals surface area contributed by atoms with Crippen LogP contribution in [0.4, 0.5) is 17.1 Å². The van der Waals surface area contributed by atoms with Gasteiger partial charge in [0.2, 0.25) is 0 Å². The number of anilines is 3. The van der Waals surface area contributed by atoms with Crippen LogP contribution in [0.5, 0.6) is 0 Å². The van der Waals surface area contributed by atoms with Crippen LogP contribution >= 0.6 is 0 Å². The summed E-state index contributed by atoms with van der Waals surface area (Å²) in [6, 6.07) is 69.3. The fraction of sp³-hybridized carbons (Fsp3) is 0. The Kier molecular flexibility index (Phi) is 6.81. The number of benzene rings is 8. The quantitative estimate of drug-likeness (QED) is 0.178. The van der Waals surface area contributed by atoms with E-state index in [9.17, 15) is 0 Å². The third-order valence-electron chi connectivity index (χ3n) is 10.00. The highest BCUT2D eigenvalue weighted by Gasteiger charge is 2.19. The summed E-state index contributed by atoms with van der Waals surface area (Å²) in [7, 11) is 0. The molecule has 0 amide bonds. The van der Waals surface area contributed by atoms with Crippen LogP contribution in [0.1, 0.15) is 0 Å². The van der Waals surface area contributed by atoms with E-state index >= 15 is 0 Å². The molecule has 0 aliphatic heterocycles. The molecule has 240 valence electrons. The molecule has 8 aromatic carbocycles. The van der Waals surface area contributed by atoms with Crippen LogP contribution < -0.4 is 4.90 Å². The minimum Gasteiger partial charge on any atom is -0.456 e. The van der Waals surface area contributed by atoms with Gasteiger partial charge in [0.1, 0.15) is 11.2 Å².